The Morgan fingerprint density at radius 2 is 2.16 bits per heavy atom. The lowest BCUT2D eigenvalue weighted by Crippen LogP contribution is -2.14. The van der Waals surface area contributed by atoms with Crippen molar-refractivity contribution in [3.63, 3.8) is 0 Å². The van der Waals surface area contributed by atoms with Gasteiger partial charge >= 0.3 is 0 Å². The van der Waals surface area contributed by atoms with Crippen molar-refractivity contribution in [2.24, 2.45) is 0 Å². The van der Waals surface area contributed by atoms with Crippen LogP contribution < -0.4 is 5.32 Å². The van der Waals surface area contributed by atoms with Gasteiger partial charge in [0.15, 0.2) is 0 Å². The average Bonchev–Trinajstić information content (AvgIpc) is 3.00. The quantitative estimate of drug-likeness (QED) is 0.774. The second-order valence-corrected chi connectivity index (χ2v) is 6.96. The second kappa shape index (κ2) is 4.71. The summed E-state index contributed by atoms with van der Waals surface area (Å²) in [6.07, 6.45) is 4.68. The molecule has 4 heteroatoms. The molecule has 2 nitrogen and oxygen atoms in total. The molecule has 0 aliphatic heterocycles. The molecule has 4 rings (SSSR count). The predicted octanol–water partition coefficient (Wildman–Crippen LogP) is 4.28. The van der Waals surface area contributed by atoms with E-state index in [4.69, 9.17) is 0 Å². The standard InChI is InChI=1S/C15H14N2S2/c1-2-4-14-12(3-1)13(9-18-14)15-17-8-11(19-15)7-16-10-5-6-10/h1-4,8-10,16H,5-7H2. The number of thiophene rings is 1. The molecule has 0 radical (unpaired) electrons. The van der Waals surface area contributed by atoms with Crippen molar-refractivity contribution >= 4 is 32.8 Å². The van der Waals surface area contributed by atoms with Gasteiger partial charge in [-0.1, -0.05) is 18.2 Å². The Kier molecular flexibility index (Phi) is 2.87. The fourth-order valence-corrected chi connectivity index (χ4v) is 4.10. The van der Waals surface area contributed by atoms with E-state index in [0.29, 0.717) is 0 Å². The Morgan fingerprint density at radius 1 is 1.26 bits per heavy atom. The molecule has 1 fully saturated rings. The summed E-state index contributed by atoms with van der Waals surface area (Å²) in [6, 6.07) is 9.31. The van der Waals surface area contributed by atoms with E-state index in [9.17, 15) is 0 Å². The number of aromatic nitrogens is 1. The van der Waals surface area contributed by atoms with E-state index in [1.54, 1.807) is 11.3 Å². The Morgan fingerprint density at radius 3 is 3.05 bits per heavy atom. The zero-order valence-corrected chi connectivity index (χ0v) is 12.1. The van der Waals surface area contributed by atoms with Crippen LogP contribution in [0.25, 0.3) is 20.7 Å². The van der Waals surface area contributed by atoms with Crippen molar-refractivity contribution in [3.05, 3.63) is 40.7 Å². The zero-order chi connectivity index (χ0) is 12.7. The highest BCUT2D eigenvalue weighted by Gasteiger charge is 2.20. The van der Waals surface area contributed by atoms with Crippen LogP contribution in [-0.4, -0.2) is 11.0 Å². The number of thiazole rings is 1. The summed E-state index contributed by atoms with van der Waals surface area (Å²) in [5, 5.41) is 8.23. The Hall–Kier alpha value is -1.23. The summed E-state index contributed by atoms with van der Waals surface area (Å²) in [5.74, 6) is 0. The van der Waals surface area contributed by atoms with Crippen LogP contribution in [0.5, 0.6) is 0 Å². The number of nitrogens with zero attached hydrogens (tertiary/aromatic N) is 1. The van der Waals surface area contributed by atoms with Crippen LogP contribution in [-0.2, 0) is 6.54 Å². The zero-order valence-electron chi connectivity index (χ0n) is 10.4. The predicted molar refractivity (Wildman–Crippen MR) is 82.8 cm³/mol. The lowest BCUT2D eigenvalue weighted by Gasteiger charge is -1.97. The van der Waals surface area contributed by atoms with Crippen molar-refractivity contribution in [1.82, 2.24) is 10.3 Å². The van der Waals surface area contributed by atoms with Gasteiger partial charge in [-0.2, -0.15) is 0 Å². The minimum atomic E-state index is 0.757. The van der Waals surface area contributed by atoms with Crippen molar-refractivity contribution in [2.75, 3.05) is 0 Å². The van der Waals surface area contributed by atoms with Crippen LogP contribution in [0.15, 0.2) is 35.8 Å². The number of hydrogen-bond acceptors (Lipinski definition) is 4. The van der Waals surface area contributed by atoms with Crippen LogP contribution in [0.3, 0.4) is 0 Å². The van der Waals surface area contributed by atoms with Crippen LogP contribution in [0.2, 0.25) is 0 Å². The van der Waals surface area contributed by atoms with E-state index in [1.165, 1.54) is 33.4 Å². The van der Waals surface area contributed by atoms with Crippen LogP contribution in [0, 0.1) is 0 Å². The first kappa shape index (κ1) is 11.6. The summed E-state index contributed by atoms with van der Waals surface area (Å²) in [6.45, 7) is 0.963. The summed E-state index contributed by atoms with van der Waals surface area (Å²) < 4.78 is 1.34. The van der Waals surface area contributed by atoms with Crippen LogP contribution in [0.1, 0.15) is 17.7 Å². The van der Waals surface area contributed by atoms with Crippen molar-refractivity contribution in [3.8, 4) is 10.6 Å². The van der Waals surface area contributed by atoms with Gasteiger partial charge in [-0.15, -0.1) is 22.7 Å². The molecule has 0 saturated heterocycles. The van der Waals surface area contributed by atoms with Crippen LogP contribution >= 0.6 is 22.7 Å². The molecular weight excluding hydrogens is 272 g/mol. The summed E-state index contributed by atoms with van der Waals surface area (Å²) in [7, 11) is 0. The van der Waals surface area contributed by atoms with E-state index in [-0.39, 0.29) is 0 Å². The highest BCUT2D eigenvalue weighted by molar-refractivity contribution is 7.19. The second-order valence-electron chi connectivity index (χ2n) is 4.93. The molecule has 1 aliphatic carbocycles. The minimum Gasteiger partial charge on any atom is -0.309 e. The number of fused-ring (bicyclic) bond motifs is 1. The maximum absolute atomic E-state index is 4.59. The fourth-order valence-electron chi connectivity index (χ4n) is 2.19. The number of rotatable bonds is 4. The van der Waals surface area contributed by atoms with Gasteiger partial charge in [0.2, 0.25) is 0 Å². The van der Waals surface area contributed by atoms with Crippen molar-refractivity contribution < 1.29 is 0 Å². The third kappa shape index (κ3) is 2.31. The molecule has 96 valence electrons. The molecule has 2 aromatic heterocycles. The largest absolute Gasteiger partial charge is 0.309 e. The maximum atomic E-state index is 4.59. The van der Waals surface area contributed by atoms with Gasteiger partial charge in [-0.25, -0.2) is 4.98 Å². The molecule has 0 bridgehead atoms. The molecule has 2 heterocycles. The van der Waals surface area contributed by atoms with E-state index >= 15 is 0 Å². The molecule has 0 spiro atoms. The molecule has 0 unspecified atom stereocenters. The van der Waals surface area contributed by atoms with E-state index in [0.717, 1.165) is 17.6 Å². The lowest BCUT2D eigenvalue weighted by atomic mass is 10.2. The monoisotopic (exact) mass is 286 g/mol. The third-order valence-corrected chi connectivity index (χ3v) is 5.40. The lowest BCUT2D eigenvalue weighted by molar-refractivity contribution is 0.694. The third-order valence-electron chi connectivity index (χ3n) is 3.41. The normalized spacial score (nSPS) is 15.2. The van der Waals surface area contributed by atoms with Crippen LogP contribution in [0.4, 0.5) is 0 Å². The highest BCUT2D eigenvalue weighted by atomic mass is 32.1. The van der Waals surface area contributed by atoms with Gasteiger partial charge < -0.3 is 5.32 Å². The summed E-state index contributed by atoms with van der Waals surface area (Å²) >= 11 is 3.61. The van der Waals surface area contributed by atoms with Crippen molar-refractivity contribution in [2.45, 2.75) is 25.4 Å². The molecule has 19 heavy (non-hydrogen) atoms. The van der Waals surface area contributed by atoms with E-state index in [1.807, 2.05) is 17.5 Å². The summed E-state index contributed by atoms with van der Waals surface area (Å²) in [4.78, 5) is 5.92. The first-order valence-corrected chi connectivity index (χ1v) is 8.24. The van der Waals surface area contributed by atoms with Gasteiger partial charge in [0.05, 0.1) is 0 Å². The van der Waals surface area contributed by atoms with Gasteiger partial charge in [-0.05, 0) is 18.9 Å². The number of hydrogen-bond donors (Lipinski definition) is 1. The molecular formula is C15H14N2S2. The van der Waals surface area contributed by atoms with E-state index < -0.39 is 0 Å². The molecule has 1 saturated carbocycles. The molecule has 1 aliphatic rings. The average molecular weight is 286 g/mol. The first-order chi connectivity index (χ1) is 9.40. The van der Waals surface area contributed by atoms with Crippen molar-refractivity contribution in [1.29, 1.82) is 0 Å². The number of nitrogens with one attached hydrogen (secondary N) is 1. The van der Waals surface area contributed by atoms with Gasteiger partial charge in [0.1, 0.15) is 5.01 Å². The summed E-state index contributed by atoms with van der Waals surface area (Å²) in [5.41, 5.74) is 1.28. The van der Waals surface area contributed by atoms with E-state index in [2.05, 4.69) is 39.9 Å². The SMILES string of the molecule is c1ccc2c(-c3ncc(CNC4CC4)s3)csc2c1. The van der Waals surface area contributed by atoms with Gasteiger partial charge in [-0.3, -0.25) is 0 Å². The topological polar surface area (TPSA) is 24.9 Å². The molecule has 1 N–H and O–H groups in total. The highest BCUT2D eigenvalue weighted by Crippen LogP contribution is 2.35. The molecule has 3 aromatic rings. The molecule has 0 amide bonds. The molecule has 0 atom stereocenters. The van der Waals surface area contributed by atoms with Gasteiger partial charge in [0, 0.05) is 44.7 Å². The number of benzene rings is 1. The fraction of sp³-hybridized carbons (Fsp3) is 0.267. The Balaban J connectivity index is 1.64. The smallest absolute Gasteiger partial charge is 0.125 e. The Labute approximate surface area is 120 Å². The van der Waals surface area contributed by atoms with Gasteiger partial charge in [0.25, 0.3) is 0 Å². The maximum Gasteiger partial charge on any atom is 0.125 e. The first-order valence-electron chi connectivity index (χ1n) is 6.55. The minimum absolute atomic E-state index is 0.757. The molecule has 1 aromatic carbocycles. The Bertz CT molecular complexity index is 710.